The molecule has 2 N–H and O–H groups in total. The molecule has 1 amide bonds. The molecule has 0 spiro atoms. The van der Waals surface area contributed by atoms with Gasteiger partial charge in [-0.2, -0.15) is 0 Å². The fourth-order valence-corrected chi connectivity index (χ4v) is 3.69. The topological polar surface area (TPSA) is 41.1 Å². The molecule has 114 valence electrons. The average Bonchev–Trinajstić information content (AvgIpc) is 2.12. The molecule has 1 aliphatic rings. The van der Waals surface area contributed by atoms with Crippen molar-refractivity contribution in [3.8, 4) is 0 Å². The van der Waals surface area contributed by atoms with Crippen LogP contribution in [0.2, 0.25) is 0 Å². The van der Waals surface area contributed by atoms with Gasteiger partial charge in [-0.1, -0.05) is 34.6 Å². The summed E-state index contributed by atoms with van der Waals surface area (Å²) in [5, 5.41) is 6.29. The second-order valence-corrected chi connectivity index (χ2v) is 7.58. The van der Waals surface area contributed by atoms with Crippen LogP contribution in [0.5, 0.6) is 0 Å². The Morgan fingerprint density at radius 3 is 2.11 bits per heavy atom. The molecule has 0 aliphatic heterocycles. The normalized spacial score (nSPS) is 23.3. The number of hydrogen-bond donors (Lipinski definition) is 2. The van der Waals surface area contributed by atoms with Gasteiger partial charge in [0, 0.05) is 18.5 Å². The molecule has 0 heterocycles. The van der Waals surface area contributed by atoms with E-state index in [0.717, 1.165) is 19.4 Å². The molecule has 1 fully saturated rings. The maximum atomic E-state index is 12.1. The summed E-state index contributed by atoms with van der Waals surface area (Å²) < 4.78 is 0. The first-order valence-corrected chi connectivity index (χ1v) is 7.10. The van der Waals surface area contributed by atoms with Gasteiger partial charge < -0.3 is 10.6 Å². The Kier molecular flexibility index (Phi) is 6.84. The van der Waals surface area contributed by atoms with Crippen LogP contribution in [0, 0.1) is 16.7 Å². The summed E-state index contributed by atoms with van der Waals surface area (Å²) in [7, 11) is 1.89. The molecule has 0 radical (unpaired) electrons. The molecular weight excluding hydrogens is 260 g/mol. The lowest BCUT2D eigenvalue weighted by Crippen LogP contribution is -2.48. The molecule has 0 bridgehead atoms. The van der Waals surface area contributed by atoms with Gasteiger partial charge >= 0.3 is 0 Å². The first kappa shape index (κ1) is 18.7. The summed E-state index contributed by atoms with van der Waals surface area (Å²) in [6, 6.07) is 0.329. The van der Waals surface area contributed by atoms with Crippen LogP contribution in [0.25, 0.3) is 0 Å². The van der Waals surface area contributed by atoms with Crippen LogP contribution in [-0.2, 0) is 4.79 Å². The van der Waals surface area contributed by atoms with Crippen LogP contribution in [0.4, 0.5) is 0 Å². The fourth-order valence-electron chi connectivity index (χ4n) is 3.69. The molecule has 1 saturated carbocycles. The second-order valence-electron chi connectivity index (χ2n) is 7.58. The standard InChI is InChI=1S/C15H30N2O.ClH/c1-11(9-16-6)13(18)17-12-7-14(2,3)10-15(4,5)8-12;/h11-12,16H,7-10H2,1-6H3,(H,17,18);1H. The molecule has 0 aromatic rings. The Labute approximate surface area is 124 Å². The minimum absolute atomic E-state index is 0. The van der Waals surface area contributed by atoms with E-state index in [1.54, 1.807) is 0 Å². The summed E-state index contributed by atoms with van der Waals surface area (Å²) in [6.45, 7) is 12.0. The van der Waals surface area contributed by atoms with Crippen molar-refractivity contribution < 1.29 is 4.79 Å². The molecule has 0 aromatic carbocycles. The quantitative estimate of drug-likeness (QED) is 0.836. The maximum absolute atomic E-state index is 12.1. The Hall–Kier alpha value is -0.280. The fraction of sp³-hybridized carbons (Fsp3) is 0.933. The zero-order valence-electron chi connectivity index (χ0n) is 13.3. The van der Waals surface area contributed by atoms with E-state index < -0.39 is 0 Å². The molecule has 0 aromatic heterocycles. The lowest BCUT2D eigenvalue weighted by Gasteiger charge is -2.45. The van der Waals surface area contributed by atoms with Gasteiger partial charge in [0.1, 0.15) is 0 Å². The highest BCUT2D eigenvalue weighted by molar-refractivity contribution is 5.85. The molecule has 19 heavy (non-hydrogen) atoms. The largest absolute Gasteiger partial charge is 0.353 e. The predicted molar refractivity (Wildman–Crippen MR) is 83.7 cm³/mol. The highest BCUT2D eigenvalue weighted by atomic mass is 35.5. The molecule has 1 unspecified atom stereocenters. The molecule has 1 rings (SSSR count). The monoisotopic (exact) mass is 290 g/mol. The lowest BCUT2D eigenvalue weighted by atomic mass is 9.63. The average molecular weight is 291 g/mol. The van der Waals surface area contributed by atoms with Crippen molar-refractivity contribution in [1.29, 1.82) is 0 Å². The third-order valence-corrected chi connectivity index (χ3v) is 3.86. The van der Waals surface area contributed by atoms with Crippen molar-refractivity contribution in [2.75, 3.05) is 13.6 Å². The zero-order chi connectivity index (χ0) is 14.0. The predicted octanol–water partition coefficient (Wildman–Crippen LogP) is 2.98. The highest BCUT2D eigenvalue weighted by Crippen LogP contribution is 2.45. The van der Waals surface area contributed by atoms with Gasteiger partial charge in [0.05, 0.1) is 0 Å². The molecule has 0 saturated heterocycles. The third-order valence-electron chi connectivity index (χ3n) is 3.86. The number of carbonyl (C=O) groups is 1. The summed E-state index contributed by atoms with van der Waals surface area (Å²) >= 11 is 0. The Morgan fingerprint density at radius 1 is 1.21 bits per heavy atom. The SMILES string of the molecule is CNCC(C)C(=O)NC1CC(C)(C)CC(C)(C)C1.Cl. The number of nitrogens with one attached hydrogen (secondary N) is 2. The van der Waals surface area contributed by atoms with E-state index in [-0.39, 0.29) is 24.2 Å². The van der Waals surface area contributed by atoms with Gasteiger partial charge in [0.15, 0.2) is 0 Å². The van der Waals surface area contributed by atoms with E-state index in [9.17, 15) is 4.79 Å². The molecule has 1 aliphatic carbocycles. The van der Waals surface area contributed by atoms with Crippen molar-refractivity contribution in [3.05, 3.63) is 0 Å². The van der Waals surface area contributed by atoms with Gasteiger partial charge in [-0.25, -0.2) is 0 Å². The van der Waals surface area contributed by atoms with Crippen molar-refractivity contribution in [3.63, 3.8) is 0 Å². The first-order chi connectivity index (χ1) is 8.15. The van der Waals surface area contributed by atoms with Gasteiger partial charge in [-0.15, -0.1) is 12.4 Å². The van der Waals surface area contributed by atoms with Crippen molar-refractivity contribution in [2.45, 2.75) is 59.9 Å². The zero-order valence-corrected chi connectivity index (χ0v) is 14.1. The van der Waals surface area contributed by atoms with E-state index >= 15 is 0 Å². The van der Waals surface area contributed by atoms with E-state index in [2.05, 4.69) is 38.3 Å². The molecular formula is C15H31ClN2O. The van der Waals surface area contributed by atoms with E-state index in [4.69, 9.17) is 0 Å². The van der Waals surface area contributed by atoms with Crippen molar-refractivity contribution in [2.24, 2.45) is 16.7 Å². The number of rotatable bonds is 4. The summed E-state index contributed by atoms with van der Waals surface area (Å²) in [5.74, 6) is 0.228. The number of halogens is 1. The van der Waals surface area contributed by atoms with Crippen LogP contribution >= 0.6 is 12.4 Å². The third kappa shape index (κ3) is 6.13. The van der Waals surface area contributed by atoms with Crippen LogP contribution < -0.4 is 10.6 Å². The van der Waals surface area contributed by atoms with Gasteiger partial charge in [-0.3, -0.25) is 4.79 Å². The summed E-state index contributed by atoms with van der Waals surface area (Å²) in [4.78, 5) is 12.1. The van der Waals surface area contributed by atoms with Crippen LogP contribution in [0.15, 0.2) is 0 Å². The summed E-state index contributed by atoms with van der Waals surface area (Å²) in [5.41, 5.74) is 0.651. The van der Waals surface area contributed by atoms with E-state index in [1.807, 2.05) is 14.0 Å². The maximum Gasteiger partial charge on any atom is 0.224 e. The first-order valence-electron chi connectivity index (χ1n) is 7.10. The Morgan fingerprint density at radius 2 is 1.68 bits per heavy atom. The van der Waals surface area contributed by atoms with Gasteiger partial charge in [0.2, 0.25) is 5.91 Å². The van der Waals surface area contributed by atoms with E-state index in [0.29, 0.717) is 16.9 Å². The molecule has 4 heteroatoms. The summed E-state index contributed by atoms with van der Waals surface area (Å²) in [6.07, 6.45) is 3.42. The van der Waals surface area contributed by atoms with Gasteiger partial charge in [-0.05, 0) is 37.1 Å². The van der Waals surface area contributed by atoms with Gasteiger partial charge in [0.25, 0.3) is 0 Å². The number of amides is 1. The Bertz CT molecular complexity index is 287. The molecule has 1 atom stereocenters. The highest BCUT2D eigenvalue weighted by Gasteiger charge is 2.39. The van der Waals surface area contributed by atoms with Crippen LogP contribution in [0.1, 0.15) is 53.9 Å². The van der Waals surface area contributed by atoms with Crippen LogP contribution in [-0.4, -0.2) is 25.5 Å². The van der Waals surface area contributed by atoms with Crippen LogP contribution in [0.3, 0.4) is 0 Å². The molecule has 3 nitrogen and oxygen atoms in total. The minimum atomic E-state index is 0. The minimum Gasteiger partial charge on any atom is -0.353 e. The van der Waals surface area contributed by atoms with Crippen molar-refractivity contribution in [1.82, 2.24) is 10.6 Å². The second kappa shape index (κ2) is 6.94. The Balaban J connectivity index is 0.00000324. The smallest absolute Gasteiger partial charge is 0.224 e. The van der Waals surface area contributed by atoms with Crippen molar-refractivity contribution >= 4 is 18.3 Å². The van der Waals surface area contributed by atoms with E-state index in [1.165, 1.54) is 6.42 Å². The lowest BCUT2D eigenvalue weighted by molar-refractivity contribution is -0.125. The number of hydrogen-bond acceptors (Lipinski definition) is 2. The number of carbonyl (C=O) groups excluding carboxylic acids is 1.